The van der Waals surface area contributed by atoms with Crippen molar-refractivity contribution < 1.29 is 0 Å². The first-order chi connectivity index (χ1) is 9.80. The molecule has 3 nitrogen and oxygen atoms in total. The zero-order chi connectivity index (χ0) is 13.9. The molecule has 2 atom stereocenters. The summed E-state index contributed by atoms with van der Waals surface area (Å²) in [4.78, 5) is 8.24. The van der Waals surface area contributed by atoms with Gasteiger partial charge in [0.25, 0.3) is 0 Å². The van der Waals surface area contributed by atoms with Crippen molar-refractivity contribution in [2.24, 2.45) is 5.92 Å². The summed E-state index contributed by atoms with van der Waals surface area (Å²) >= 11 is 0. The maximum atomic E-state index is 2.86. The molecule has 116 valence electrons. The molecule has 20 heavy (non-hydrogen) atoms. The summed E-state index contributed by atoms with van der Waals surface area (Å²) in [6.07, 6.45) is 7.06. The minimum absolute atomic E-state index is 0.827. The molecule has 0 amide bonds. The maximum absolute atomic E-state index is 2.86. The van der Waals surface area contributed by atoms with Crippen LogP contribution in [0.15, 0.2) is 0 Å². The number of likely N-dealkylation sites (tertiary alicyclic amines) is 1. The van der Waals surface area contributed by atoms with E-state index < -0.39 is 0 Å². The predicted molar refractivity (Wildman–Crippen MR) is 85.1 cm³/mol. The lowest BCUT2D eigenvalue weighted by molar-refractivity contribution is 0.0292. The molecule has 0 bridgehead atoms. The summed E-state index contributed by atoms with van der Waals surface area (Å²) in [7, 11) is 0. The van der Waals surface area contributed by atoms with Crippen LogP contribution in [0.3, 0.4) is 0 Å². The lowest BCUT2D eigenvalue weighted by Gasteiger charge is -2.45. The molecule has 0 saturated carbocycles. The molecule has 3 aliphatic rings. The Morgan fingerprint density at radius 2 is 1.75 bits per heavy atom. The van der Waals surface area contributed by atoms with Gasteiger partial charge < -0.3 is 4.90 Å². The Bertz CT molecular complexity index is 299. The third-order valence-corrected chi connectivity index (χ3v) is 6.02. The molecule has 3 heteroatoms. The lowest BCUT2D eigenvalue weighted by atomic mass is 9.94. The Balaban J connectivity index is 1.53. The van der Waals surface area contributed by atoms with E-state index in [1.54, 1.807) is 0 Å². The minimum atomic E-state index is 0.827. The second-order valence-corrected chi connectivity index (χ2v) is 7.18. The molecule has 0 aromatic heterocycles. The van der Waals surface area contributed by atoms with E-state index in [-0.39, 0.29) is 0 Å². The molecule has 2 unspecified atom stereocenters. The monoisotopic (exact) mass is 279 g/mol. The lowest BCUT2D eigenvalue weighted by Crippen LogP contribution is -2.57. The molecule has 3 aliphatic heterocycles. The second-order valence-electron chi connectivity index (χ2n) is 7.18. The molecular weight excluding hydrogens is 246 g/mol. The highest BCUT2D eigenvalue weighted by molar-refractivity contribution is 4.92. The van der Waals surface area contributed by atoms with E-state index in [2.05, 4.69) is 28.5 Å². The molecule has 3 saturated heterocycles. The van der Waals surface area contributed by atoms with Crippen LogP contribution in [0.5, 0.6) is 0 Å². The summed E-state index contributed by atoms with van der Waals surface area (Å²) in [5.74, 6) is 0.958. The highest BCUT2D eigenvalue weighted by Crippen LogP contribution is 2.28. The van der Waals surface area contributed by atoms with Crippen molar-refractivity contribution in [1.82, 2.24) is 14.7 Å². The molecule has 0 N–H and O–H groups in total. The van der Waals surface area contributed by atoms with Crippen LogP contribution < -0.4 is 0 Å². The molecule has 0 aromatic carbocycles. The molecule has 3 heterocycles. The average molecular weight is 279 g/mol. The highest BCUT2D eigenvalue weighted by Gasteiger charge is 2.36. The van der Waals surface area contributed by atoms with Crippen molar-refractivity contribution in [2.75, 3.05) is 45.8 Å². The maximum Gasteiger partial charge on any atom is 0.0224 e. The zero-order valence-corrected chi connectivity index (χ0v) is 13.6. The fourth-order valence-corrected chi connectivity index (χ4v) is 4.58. The van der Waals surface area contributed by atoms with Gasteiger partial charge in [0.1, 0.15) is 0 Å². The fourth-order valence-electron chi connectivity index (χ4n) is 4.58. The van der Waals surface area contributed by atoms with E-state index in [4.69, 9.17) is 0 Å². The van der Waals surface area contributed by atoms with Crippen LogP contribution in [0.2, 0.25) is 0 Å². The Kier molecular flexibility index (Phi) is 5.00. The van der Waals surface area contributed by atoms with Gasteiger partial charge in [0.2, 0.25) is 0 Å². The molecule has 0 aliphatic carbocycles. The van der Waals surface area contributed by atoms with Crippen LogP contribution in [-0.2, 0) is 0 Å². The highest BCUT2D eigenvalue weighted by atomic mass is 15.3. The van der Waals surface area contributed by atoms with Gasteiger partial charge in [-0.2, -0.15) is 0 Å². The standard InChI is InChI=1S/C17H33N3/c1-3-16-13-19-9-5-6-17(19)14-20(16)12-15-7-10-18(4-2)11-8-15/h15-17H,3-14H2,1-2H3. The van der Waals surface area contributed by atoms with Gasteiger partial charge in [0.15, 0.2) is 0 Å². The summed E-state index contributed by atoms with van der Waals surface area (Å²) < 4.78 is 0. The van der Waals surface area contributed by atoms with Gasteiger partial charge in [0, 0.05) is 31.7 Å². The molecular formula is C17H33N3. The van der Waals surface area contributed by atoms with Crippen LogP contribution in [0.1, 0.15) is 46.0 Å². The predicted octanol–water partition coefficient (Wildman–Crippen LogP) is 2.28. The van der Waals surface area contributed by atoms with Crippen molar-refractivity contribution in [3.8, 4) is 0 Å². The largest absolute Gasteiger partial charge is 0.304 e. The number of hydrogen-bond donors (Lipinski definition) is 0. The summed E-state index contributed by atoms with van der Waals surface area (Å²) in [6, 6.07) is 1.71. The van der Waals surface area contributed by atoms with E-state index in [0.29, 0.717) is 0 Å². The number of rotatable bonds is 4. The normalized spacial score (nSPS) is 34.5. The summed E-state index contributed by atoms with van der Waals surface area (Å²) in [5, 5.41) is 0. The topological polar surface area (TPSA) is 9.72 Å². The third-order valence-electron chi connectivity index (χ3n) is 6.02. The number of piperidine rings is 1. The SMILES string of the molecule is CCC1CN2CCCC2CN1CC1CCN(CC)CC1. The summed E-state index contributed by atoms with van der Waals surface area (Å²) in [6.45, 7) is 14.0. The molecule has 3 rings (SSSR count). The van der Waals surface area contributed by atoms with Gasteiger partial charge in [-0.3, -0.25) is 9.80 Å². The Morgan fingerprint density at radius 3 is 2.45 bits per heavy atom. The van der Waals surface area contributed by atoms with Crippen LogP contribution in [0, 0.1) is 5.92 Å². The van der Waals surface area contributed by atoms with Crippen LogP contribution in [-0.4, -0.2) is 72.6 Å². The van der Waals surface area contributed by atoms with Crippen LogP contribution >= 0.6 is 0 Å². The summed E-state index contributed by atoms with van der Waals surface area (Å²) in [5.41, 5.74) is 0. The van der Waals surface area contributed by atoms with Crippen molar-refractivity contribution in [3.63, 3.8) is 0 Å². The molecule has 0 spiro atoms. The average Bonchev–Trinajstić information content (AvgIpc) is 2.94. The van der Waals surface area contributed by atoms with Gasteiger partial charge in [-0.25, -0.2) is 0 Å². The Morgan fingerprint density at radius 1 is 0.950 bits per heavy atom. The molecule has 0 aromatic rings. The van der Waals surface area contributed by atoms with Crippen LogP contribution in [0.25, 0.3) is 0 Å². The number of piperazine rings is 1. The van der Waals surface area contributed by atoms with E-state index >= 15 is 0 Å². The first kappa shape index (κ1) is 14.8. The van der Waals surface area contributed by atoms with E-state index in [1.807, 2.05) is 0 Å². The molecule has 0 radical (unpaired) electrons. The van der Waals surface area contributed by atoms with E-state index in [9.17, 15) is 0 Å². The third kappa shape index (κ3) is 3.20. The molecule has 3 fully saturated rings. The van der Waals surface area contributed by atoms with Gasteiger partial charge >= 0.3 is 0 Å². The Hall–Kier alpha value is -0.120. The van der Waals surface area contributed by atoms with Crippen molar-refractivity contribution in [2.45, 2.75) is 58.0 Å². The Labute approximate surface area is 125 Å². The first-order valence-corrected chi connectivity index (χ1v) is 9.00. The first-order valence-electron chi connectivity index (χ1n) is 9.00. The number of nitrogens with zero attached hydrogens (tertiary/aromatic N) is 3. The van der Waals surface area contributed by atoms with E-state index in [1.165, 1.54) is 77.9 Å². The van der Waals surface area contributed by atoms with Crippen molar-refractivity contribution in [3.05, 3.63) is 0 Å². The van der Waals surface area contributed by atoms with Crippen molar-refractivity contribution in [1.29, 1.82) is 0 Å². The number of hydrogen-bond acceptors (Lipinski definition) is 3. The minimum Gasteiger partial charge on any atom is -0.304 e. The quantitative estimate of drug-likeness (QED) is 0.782. The van der Waals surface area contributed by atoms with E-state index in [0.717, 1.165) is 18.0 Å². The smallest absolute Gasteiger partial charge is 0.0224 e. The second kappa shape index (κ2) is 6.76. The van der Waals surface area contributed by atoms with Crippen molar-refractivity contribution >= 4 is 0 Å². The van der Waals surface area contributed by atoms with Crippen LogP contribution in [0.4, 0.5) is 0 Å². The van der Waals surface area contributed by atoms with Gasteiger partial charge in [-0.05, 0) is 64.2 Å². The van der Waals surface area contributed by atoms with Gasteiger partial charge in [-0.15, -0.1) is 0 Å². The van der Waals surface area contributed by atoms with Gasteiger partial charge in [-0.1, -0.05) is 13.8 Å². The fraction of sp³-hybridized carbons (Fsp3) is 1.00. The van der Waals surface area contributed by atoms with Gasteiger partial charge in [0.05, 0.1) is 0 Å². The zero-order valence-electron chi connectivity index (χ0n) is 13.6. The number of fused-ring (bicyclic) bond motifs is 1.